The van der Waals surface area contributed by atoms with E-state index in [1.807, 2.05) is 44.2 Å². The van der Waals surface area contributed by atoms with Crippen LogP contribution in [0, 0.1) is 13.8 Å². The second-order valence-corrected chi connectivity index (χ2v) is 4.96. The molecule has 0 atom stereocenters. The van der Waals surface area contributed by atoms with Gasteiger partial charge in [0, 0.05) is 18.4 Å². The fourth-order valence-corrected chi connectivity index (χ4v) is 2.01. The van der Waals surface area contributed by atoms with Gasteiger partial charge in [0.1, 0.15) is 0 Å². The average Bonchev–Trinajstić information content (AvgIpc) is 2.48. The molecule has 3 nitrogen and oxygen atoms in total. The van der Waals surface area contributed by atoms with E-state index in [4.69, 9.17) is 0 Å². The molecule has 1 N–H and O–H groups in total. The zero-order valence-corrected chi connectivity index (χ0v) is 12.2. The van der Waals surface area contributed by atoms with Crippen LogP contribution in [0.25, 0.3) is 0 Å². The Balaban J connectivity index is 2.00. The standard InChI is InChI=1S/C17H20N2O/c1-13-9-10-14(2)16(11-13)18-12-17(20)19(3)15-7-5-4-6-8-15/h4-11,18H,12H2,1-3H3. The maximum Gasteiger partial charge on any atom is 0.246 e. The number of carbonyl (C=O) groups excluding carboxylic acids is 1. The molecular formula is C17H20N2O. The van der Waals surface area contributed by atoms with Gasteiger partial charge < -0.3 is 10.2 Å². The third kappa shape index (κ3) is 3.38. The summed E-state index contributed by atoms with van der Waals surface area (Å²) in [6.07, 6.45) is 0. The summed E-state index contributed by atoms with van der Waals surface area (Å²) in [6, 6.07) is 15.8. The van der Waals surface area contributed by atoms with Crippen molar-refractivity contribution in [3.05, 3.63) is 59.7 Å². The number of carbonyl (C=O) groups is 1. The molecular weight excluding hydrogens is 248 g/mol. The lowest BCUT2D eigenvalue weighted by molar-refractivity contribution is -0.116. The summed E-state index contributed by atoms with van der Waals surface area (Å²) in [5.41, 5.74) is 4.24. The summed E-state index contributed by atoms with van der Waals surface area (Å²) in [7, 11) is 1.79. The van der Waals surface area contributed by atoms with Crippen molar-refractivity contribution in [2.75, 3.05) is 23.8 Å². The van der Waals surface area contributed by atoms with E-state index in [9.17, 15) is 4.79 Å². The van der Waals surface area contributed by atoms with Gasteiger partial charge in [-0.25, -0.2) is 0 Å². The van der Waals surface area contributed by atoms with Crippen LogP contribution in [0.1, 0.15) is 11.1 Å². The van der Waals surface area contributed by atoms with Crippen molar-refractivity contribution in [1.29, 1.82) is 0 Å². The highest BCUT2D eigenvalue weighted by atomic mass is 16.2. The number of likely N-dealkylation sites (N-methyl/N-ethyl adjacent to an activating group) is 1. The third-order valence-electron chi connectivity index (χ3n) is 3.34. The monoisotopic (exact) mass is 268 g/mol. The number of para-hydroxylation sites is 1. The normalized spacial score (nSPS) is 10.2. The number of hydrogen-bond donors (Lipinski definition) is 1. The van der Waals surface area contributed by atoms with Crippen LogP contribution in [-0.2, 0) is 4.79 Å². The first-order chi connectivity index (χ1) is 9.58. The molecule has 0 saturated carbocycles. The van der Waals surface area contributed by atoms with E-state index in [2.05, 4.69) is 23.5 Å². The zero-order chi connectivity index (χ0) is 14.5. The Labute approximate surface area is 120 Å². The van der Waals surface area contributed by atoms with Gasteiger partial charge in [0.25, 0.3) is 0 Å². The molecule has 2 rings (SSSR count). The van der Waals surface area contributed by atoms with E-state index in [0.717, 1.165) is 16.9 Å². The van der Waals surface area contributed by atoms with Crippen LogP contribution >= 0.6 is 0 Å². The molecule has 0 spiro atoms. The molecule has 0 aliphatic carbocycles. The molecule has 0 aromatic heterocycles. The number of hydrogen-bond acceptors (Lipinski definition) is 2. The first-order valence-corrected chi connectivity index (χ1v) is 6.70. The lowest BCUT2D eigenvalue weighted by Crippen LogP contribution is -2.32. The molecule has 3 heteroatoms. The second kappa shape index (κ2) is 6.24. The van der Waals surface area contributed by atoms with Gasteiger partial charge in [0.2, 0.25) is 5.91 Å². The van der Waals surface area contributed by atoms with Gasteiger partial charge in [-0.15, -0.1) is 0 Å². The van der Waals surface area contributed by atoms with E-state index >= 15 is 0 Å². The van der Waals surface area contributed by atoms with E-state index in [-0.39, 0.29) is 12.5 Å². The van der Waals surface area contributed by atoms with Crippen molar-refractivity contribution in [3.8, 4) is 0 Å². The summed E-state index contributed by atoms with van der Waals surface area (Å²) in [5.74, 6) is 0.0390. The molecule has 0 heterocycles. The Morgan fingerprint density at radius 2 is 1.80 bits per heavy atom. The van der Waals surface area contributed by atoms with Crippen LogP contribution < -0.4 is 10.2 Å². The molecule has 2 aromatic rings. The number of nitrogens with zero attached hydrogens (tertiary/aromatic N) is 1. The molecule has 0 fully saturated rings. The minimum atomic E-state index is 0.0390. The summed E-state index contributed by atoms with van der Waals surface area (Å²) < 4.78 is 0. The molecule has 20 heavy (non-hydrogen) atoms. The van der Waals surface area contributed by atoms with Gasteiger partial charge in [0.05, 0.1) is 6.54 Å². The topological polar surface area (TPSA) is 32.3 Å². The van der Waals surface area contributed by atoms with E-state index in [1.54, 1.807) is 11.9 Å². The number of anilines is 2. The Bertz CT molecular complexity index is 593. The molecule has 0 radical (unpaired) electrons. The second-order valence-electron chi connectivity index (χ2n) is 4.96. The molecule has 0 aliphatic rings. The number of benzene rings is 2. The number of nitrogens with one attached hydrogen (secondary N) is 1. The maximum absolute atomic E-state index is 12.2. The quantitative estimate of drug-likeness (QED) is 0.922. The zero-order valence-electron chi connectivity index (χ0n) is 12.2. The number of rotatable bonds is 4. The first-order valence-electron chi connectivity index (χ1n) is 6.70. The van der Waals surface area contributed by atoms with Gasteiger partial charge in [-0.1, -0.05) is 30.3 Å². The van der Waals surface area contributed by atoms with Crippen molar-refractivity contribution < 1.29 is 4.79 Å². The van der Waals surface area contributed by atoms with E-state index < -0.39 is 0 Å². The lowest BCUT2D eigenvalue weighted by atomic mass is 10.1. The maximum atomic E-state index is 12.2. The molecule has 104 valence electrons. The van der Waals surface area contributed by atoms with Gasteiger partial charge in [-0.3, -0.25) is 4.79 Å². The first kappa shape index (κ1) is 14.1. The van der Waals surface area contributed by atoms with Gasteiger partial charge in [0.15, 0.2) is 0 Å². The number of aryl methyl sites for hydroxylation is 2. The molecule has 0 saturated heterocycles. The van der Waals surface area contributed by atoms with Crippen molar-refractivity contribution >= 4 is 17.3 Å². The van der Waals surface area contributed by atoms with Crippen LogP contribution in [0.4, 0.5) is 11.4 Å². The van der Waals surface area contributed by atoms with Gasteiger partial charge >= 0.3 is 0 Å². The minimum Gasteiger partial charge on any atom is -0.376 e. The van der Waals surface area contributed by atoms with Crippen LogP contribution in [0.2, 0.25) is 0 Å². The van der Waals surface area contributed by atoms with E-state index in [1.165, 1.54) is 5.56 Å². The molecule has 1 amide bonds. The summed E-state index contributed by atoms with van der Waals surface area (Å²) in [4.78, 5) is 13.8. The summed E-state index contributed by atoms with van der Waals surface area (Å²) in [5, 5.41) is 3.21. The average molecular weight is 268 g/mol. The van der Waals surface area contributed by atoms with E-state index in [0.29, 0.717) is 0 Å². The molecule has 2 aromatic carbocycles. The third-order valence-corrected chi connectivity index (χ3v) is 3.34. The largest absolute Gasteiger partial charge is 0.376 e. The highest BCUT2D eigenvalue weighted by Gasteiger charge is 2.10. The molecule has 0 aliphatic heterocycles. The predicted octanol–water partition coefficient (Wildman–Crippen LogP) is 3.38. The minimum absolute atomic E-state index is 0.0390. The van der Waals surface area contributed by atoms with Crippen molar-refractivity contribution in [3.63, 3.8) is 0 Å². The Morgan fingerprint density at radius 3 is 2.50 bits per heavy atom. The lowest BCUT2D eigenvalue weighted by Gasteiger charge is -2.18. The Kier molecular flexibility index (Phi) is 4.41. The highest BCUT2D eigenvalue weighted by molar-refractivity contribution is 5.95. The highest BCUT2D eigenvalue weighted by Crippen LogP contribution is 2.16. The number of amides is 1. The van der Waals surface area contributed by atoms with Crippen molar-refractivity contribution in [2.45, 2.75) is 13.8 Å². The van der Waals surface area contributed by atoms with Crippen molar-refractivity contribution in [2.24, 2.45) is 0 Å². The smallest absolute Gasteiger partial charge is 0.246 e. The predicted molar refractivity (Wildman–Crippen MR) is 84.3 cm³/mol. The van der Waals surface area contributed by atoms with Crippen LogP contribution in [-0.4, -0.2) is 19.5 Å². The molecule has 0 unspecified atom stereocenters. The fraction of sp³-hybridized carbons (Fsp3) is 0.235. The molecule has 0 bridgehead atoms. The summed E-state index contributed by atoms with van der Waals surface area (Å²) in [6.45, 7) is 4.37. The Morgan fingerprint density at radius 1 is 1.10 bits per heavy atom. The van der Waals surface area contributed by atoms with Crippen LogP contribution in [0.3, 0.4) is 0 Å². The SMILES string of the molecule is Cc1ccc(C)c(NCC(=O)N(C)c2ccccc2)c1. The van der Waals surface area contributed by atoms with Crippen molar-refractivity contribution in [1.82, 2.24) is 0 Å². The Hall–Kier alpha value is -2.29. The fourth-order valence-electron chi connectivity index (χ4n) is 2.01. The van der Waals surface area contributed by atoms with Crippen LogP contribution in [0.15, 0.2) is 48.5 Å². The van der Waals surface area contributed by atoms with Crippen LogP contribution in [0.5, 0.6) is 0 Å². The van der Waals surface area contributed by atoms with Gasteiger partial charge in [-0.2, -0.15) is 0 Å². The van der Waals surface area contributed by atoms with Gasteiger partial charge in [-0.05, 0) is 43.2 Å². The summed E-state index contributed by atoms with van der Waals surface area (Å²) >= 11 is 0.